The minimum absolute atomic E-state index is 0.0351. The molecule has 1 atom stereocenters. The lowest BCUT2D eigenvalue weighted by Gasteiger charge is -2.39. The number of thiazole rings is 1. The Morgan fingerprint density at radius 1 is 1.37 bits per heavy atom. The quantitative estimate of drug-likeness (QED) is 0.649. The van der Waals surface area contributed by atoms with Gasteiger partial charge in [0.1, 0.15) is 0 Å². The zero-order chi connectivity index (χ0) is 14.0. The fraction of sp³-hybridized carbons (Fsp3) is 0.500. The highest BCUT2D eigenvalue weighted by Gasteiger charge is 2.31. The minimum atomic E-state index is -0.0351. The second-order valence-corrected chi connectivity index (χ2v) is 6.66. The average molecular weight is 278 g/mol. The molecule has 0 fully saturated rings. The monoisotopic (exact) mass is 278 g/mol. The van der Waals surface area contributed by atoms with E-state index in [9.17, 15) is 0 Å². The molecule has 0 aliphatic carbocycles. The van der Waals surface area contributed by atoms with Crippen LogP contribution in [0.5, 0.6) is 0 Å². The third-order valence-electron chi connectivity index (χ3n) is 3.92. The van der Waals surface area contributed by atoms with Gasteiger partial charge in [0.05, 0.1) is 15.2 Å². The van der Waals surface area contributed by atoms with Crippen molar-refractivity contribution in [3.63, 3.8) is 0 Å². The minimum Gasteiger partial charge on any atom is -0.303 e. The van der Waals surface area contributed by atoms with Crippen LogP contribution in [0.25, 0.3) is 10.2 Å². The Hall–Kier alpha value is -1.01. The Morgan fingerprint density at radius 2 is 2.05 bits per heavy atom. The molecule has 0 amide bonds. The van der Waals surface area contributed by atoms with Crippen molar-refractivity contribution in [2.24, 2.45) is 5.84 Å². The normalized spacial score (nSPS) is 14.2. The van der Waals surface area contributed by atoms with E-state index in [1.54, 1.807) is 11.3 Å². The fourth-order valence-corrected chi connectivity index (χ4v) is 3.02. The van der Waals surface area contributed by atoms with E-state index in [1.807, 2.05) is 12.1 Å². The molecule has 0 spiro atoms. The maximum absolute atomic E-state index is 5.74. The van der Waals surface area contributed by atoms with Crippen molar-refractivity contribution >= 4 is 21.6 Å². The number of likely N-dealkylation sites (N-methyl/N-ethyl adjacent to an activating group) is 1. The lowest BCUT2D eigenvalue weighted by Crippen LogP contribution is -2.58. The van der Waals surface area contributed by atoms with Crippen LogP contribution in [-0.2, 0) is 6.42 Å². The van der Waals surface area contributed by atoms with Gasteiger partial charge in [0.2, 0.25) is 0 Å². The van der Waals surface area contributed by atoms with E-state index < -0.39 is 0 Å². The van der Waals surface area contributed by atoms with Crippen LogP contribution in [-0.4, -0.2) is 35.6 Å². The Bertz CT molecular complexity index is 514. The summed E-state index contributed by atoms with van der Waals surface area (Å²) in [6, 6.07) is 8.39. The second kappa shape index (κ2) is 5.54. The predicted octanol–water partition coefficient (Wildman–Crippen LogP) is 2.01. The molecular weight excluding hydrogens is 256 g/mol. The van der Waals surface area contributed by atoms with Crippen LogP contribution in [0.4, 0.5) is 0 Å². The number of nitrogens with two attached hydrogens (primary N) is 1. The molecule has 104 valence electrons. The first kappa shape index (κ1) is 14.4. The summed E-state index contributed by atoms with van der Waals surface area (Å²) in [5.74, 6) is 5.74. The summed E-state index contributed by atoms with van der Waals surface area (Å²) in [6.45, 7) is 4.37. The smallest absolute Gasteiger partial charge is 0.0955 e. The molecule has 1 heterocycles. The van der Waals surface area contributed by atoms with Gasteiger partial charge in [-0.15, -0.1) is 11.3 Å². The molecular formula is C14H22N4S. The number of hydrogen-bond acceptors (Lipinski definition) is 5. The number of hydrazine groups is 1. The molecule has 0 saturated carbocycles. The van der Waals surface area contributed by atoms with E-state index in [-0.39, 0.29) is 11.6 Å². The molecule has 19 heavy (non-hydrogen) atoms. The van der Waals surface area contributed by atoms with Gasteiger partial charge in [-0.05, 0) is 40.1 Å². The first-order chi connectivity index (χ1) is 8.95. The molecule has 0 saturated heterocycles. The van der Waals surface area contributed by atoms with Crippen LogP contribution in [0.1, 0.15) is 18.9 Å². The van der Waals surface area contributed by atoms with Crippen LogP contribution in [0.3, 0.4) is 0 Å². The number of benzene rings is 1. The van der Waals surface area contributed by atoms with E-state index >= 15 is 0 Å². The third-order valence-corrected chi connectivity index (χ3v) is 4.98. The lowest BCUT2D eigenvalue weighted by molar-refractivity contribution is 0.137. The summed E-state index contributed by atoms with van der Waals surface area (Å²) in [6.07, 6.45) is 0.834. The van der Waals surface area contributed by atoms with E-state index in [2.05, 4.69) is 55.4 Å². The fourth-order valence-electron chi connectivity index (χ4n) is 2.01. The third kappa shape index (κ3) is 2.95. The molecule has 0 aliphatic rings. The zero-order valence-corrected chi connectivity index (χ0v) is 12.8. The molecule has 0 bridgehead atoms. The summed E-state index contributed by atoms with van der Waals surface area (Å²) in [4.78, 5) is 6.86. The molecule has 4 nitrogen and oxygen atoms in total. The molecule has 2 rings (SSSR count). The van der Waals surface area contributed by atoms with Crippen molar-refractivity contribution in [2.45, 2.75) is 31.8 Å². The number of fused-ring (bicyclic) bond motifs is 1. The molecule has 1 aromatic heterocycles. The van der Waals surface area contributed by atoms with Crippen molar-refractivity contribution < 1.29 is 0 Å². The number of aromatic nitrogens is 1. The van der Waals surface area contributed by atoms with Crippen molar-refractivity contribution in [1.29, 1.82) is 0 Å². The molecule has 0 aliphatic heterocycles. The van der Waals surface area contributed by atoms with Gasteiger partial charge in [-0.25, -0.2) is 4.98 Å². The zero-order valence-electron chi connectivity index (χ0n) is 12.0. The van der Waals surface area contributed by atoms with E-state index in [4.69, 9.17) is 5.84 Å². The summed E-state index contributed by atoms with van der Waals surface area (Å²) in [5, 5.41) is 1.12. The number of rotatable bonds is 5. The predicted molar refractivity (Wildman–Crippen MR) is 82.2 cm³/mol. The highest BCUT2D eigenvalue weighted by molar-refractivity contribution is 7.18. The topological polar surface area (TPSA) is 54.2 Å². The molecule has 3 N–H and O–H groups in total. The summed E-state index contributed by atoms with van der Waals surface area (Å²) in [7, 11) is 4.14. The Balaban J connectivity index is 2.23. The van der Waals surface area contributed by atoms with Gasteiger partial charge in [0.15, 0.2) is 0 Å². The number of hydrogen-bond donors (Lipinski definition) is 2. The molecule has 1 aromatic carbocycles. The first-order valence-electron chi connectivity index (χ1n) is 6.43. The first-order valence-corrected chi connectivity index (χ1v) is 7.25. The number of nitrogens with zero attached hydrogens (tertiary/aromatic N) is 2. The SMILES string of the molecule is CN(C)C(C)(C)C(Cc1nc2ccccc2s1)NN. The Kier molecular flexibility index (Phi) is 4.20. The maximum Gasteiger partial charge on any atom is 0.0955 e. The van der Waals surface area contributed by atoms with Crippen LogP contribution in [0.2, 0.25) is 0 Å². The number of nitrogens with one attached hydrogen (secondary N) is 1. The second-order valence-electron chi connectivity index (χ2n) is 5.55. The van der Waals surface area contributed by atoms with Gasteiger partial charge in [-0.1, -0.05) is 12.1 Å². The largest absolute Gasteiger partial charge is 0.303 e. The van der Waals surface area contributed by atoms with E-state index in [0.29, 0.717) is 0 Å². The van der Waals surface area contributed by atoms with E-state index in [1.165, 1.54) is 4.70 Å². The standard InChI is InChI=1S/C14H22N4S/c1-14(2,18(3)4)12(17-15)9-13-16-10-7-5-6-8-11(10)19-13/h5-8,12,17H,9,15H2,1-4H3. The van der Waals surface area contributed by atoms with Gasteiger partial charge in [0, 0.05) is 18.0 Å². The van der Waals surface area contributed by atoms with Gasteiger partial charge in [-0.2, -0.15) is 0 Å². The highest BCUT2D eigenvalue weighted by atomic mass is 32.1. The van der Waals surface area contributed by atoms with Crippen LogP contribution < -0.4 is 11.3 Å². The van der Waals surface area contributed by atoms with Gasteiger partial charge >= 0.3 is 0 Å². The van der Waals surface area contributed by atoms with Crippen LogP contribution in [0.15, 0.2) is 24.3 Å². The Morgan fingerprint density at radius 3 is 2.63 bits per heavy atom. The van der Waals surface area contributed by atoms with Crippen LogP contribution >= 0.6 is 11.3 Å². The molecule has 0 radical (unpaired) electrons. The number of para-hydroxylation sites is 1. The summed E-state index contributed by atoms with van der Waals surface area (Å²) >= 11 is 1.74. The summed E-state index contributed by atoms with van der Waals surface area (Å²) < 4.78 is 1.23. The van der Waals surface area contributed by atoms with Gasteiger partial charge in [0.25, 0.3) is 0 Å². The Labute approximate surface area is 118 Å². The van der Waals surface area contributed by atoms with Crippen molar-refractivity contribution in [2.75, 3.05) is 14.1 Å². The molecule has 1 unspecified atom stereocenters. The van der Waals surface area contributed by atoms with Crippen LogP contribution in [0, 0.1) is 0 Å². The molecule has 5 heteroatoms. The van der Waals surface area contributed by atoms with Crippen molar-refractivity contribution in [3.8, 4) is 0 Å². The van der Waals surface area contributed by atoms with Crippen molar-refractivity contribution in [3.05, 3.63) is 29.3 Å². The van der Waals surface area contributed by atoms with Gasteiger partial charge < -0.3 is 4.90 Å². The van der Waals surface area contributed by atoms with Gasteiger partial charge in [-0.3, -0.25) is 11.3 Å². The lowest BCUT2D eigenvalue weighted by atomic mass is 9.91. The van der Waals surface area contributed by atoms with E-state index in [0.717, 1.165) is 16.9 Å². The molecule has 2 aromatic rings. The van der Waals surface area contributed by atoms with Crippen molar-refractivity contribution in [1.82, 2.24) is 15.3 Å². The summed E-state index contributed by atoms with van der Waals surface area (Å²) in [5.41, 5.74) is 3.98. The average Bonchev–Trinajstić information content (AvgIpc) is 2.77. The maximum atomic E-state index is 5.74. The highest BCUT2D eigenvalue weighted by Crippen LogP contribution is 2.25.